The third-order valence-electron chi connectivity index (χ3n) is 7.09. The smallest absolute Gasteiger partial charge is 0.274 e. The first kappa shape index (κ1) is 23.3. The van der Waals surface area contributed by atoms with E-state index in [0.29, 0.717) is 35.0 Å². The number of aliphatic hydroxyl groups excluding tert-OH is 1. The maximum absolute atomic E-state index is 13.2. The number of amides is 1. The van der Waals surface area contributed by atoms with E-state index in [0.717, 1.165) is 32.1 Å². The van der Waals surface area contributed by atoms with Crippen LogP contribution in [0.2, 0.25) is 0 Å². The zero-order valence-corrected chi connectivity index (χ0v) is 19.9. The van der Waals surface area contributed by atoms with E-state index in [9.17, 15) is 14.7 Å². The first-order chi connectivity index (χ1) is 17.0. The lowest BCUT2D eigenvalue weighted by molar-refractivity contribution is 0.00732. The molecule has 3 heterocycles. The lowest BCUT2D eigenvalue weighted by atomic mass is 9.89. The molecule has 186 valence electrons. The van der Waals surface area contributed by atoms with Gasteiger partial charge in [-0.05, 0) is 37.8 Å². The molecule has 1 amide bonds. The zero-order chi connectivity index (χ0) is 24.5. The summed E-state index contributed by atoms with van der Waals surface area (Å²) in [5.41, 5.74) is 0.812. The summed E-state index contributed by atoms with van der Waals surface area (Å²) in [6, 6.07) is 4.91. The van der Waals surface area contributed by atoms with Crippen molar-refractivity contribution in [3.63, 3.8) is 0 Å². The van der Waals surface area contributed by atoms with Crippen molar-refractivity contribution in [3.05, 3.63) is 46.5 Å². The van der Waals surface area contributed by atoms with Crippen LogP contribution in [0.4, 0.5) is 17.3 Å². The number of anilines is 3. The first-order valence-electron chi connectivity index (χ1n) is 12.1. The minimum absolute atomic E-state index is 0.0155. The second kappa shape index (κ2) is 9.67. The summed E-state index contributed by atoms with van der Waals surface area (Å²) in [5.74, 6) is 0.731. The van der Waals surface area contributed by atoms with Crippen LogP contribution < -0.4 is 21.5 Å². The van der Waals surface area contributed by atoms with Crippen molar-refractivity contribution < 1.29 is 14.6 Å². The number of ether oxygens (including phenoxy) is 1. The monoisotopic (exact) mass is 481 g/mol. The number of methoxy groups -OCH3 is 1. The Kier molecular flexibility index (Phi) is 6.44. The van der Waals surface area contributed by atoms with Gasteiger partial charge in [0.1, 0.15) is 22.9 Å². The van der Waals surface area contributed by atoms with Crippen LogP contribution in [0.15, 0.2) is 35.4 Å². The molecule has 2 saturated carbocycles. The lowest BCUT2D eigenvalue weighted by Gasteiger charge is -2.35. The van der Waals surface area contributed by atoms with Gasteiger partial charge in [0.15, 0.2) is 5.65 Å². The number of aromatic nitrogens is 4. The molecule has 0 aliphatic heterocycles. The summed E-state index contributed by atoms with van der Waals surface area (Å²) < 4.78 is 8.53. The molecule has 0 aromatic carbocycles. The first-order valence-corrected chi connectivity index (χ1v) is 12.1. The molecule has 4 N–H and O–H groups in total. The standard InChI is InChI=1S/C24H31N7O4/c1-25-21-12-20(27-16-6-5-11-30(24(16)34)17-7-3-4-8-18(17)32)29-22-14(13-26-31(21)22)23(33)28-15-9-10-19(15)35-2/h5-6,11-13,15,17-19,25,32H,3-4,7-10H2,1-2H3,(H,27,29)(H,28,33)/t15-,17+,18-,19-/m0/s1. The van der Waals surface area contributed by atoms with Crippen molar-refractivity contribution in [1.82, 2.24) is 24.5 Å². The number of pyridine rings is 1. The Bertz CT molecular complexity index is 1280. The van der Waals surface area contributed by atoms with Crippen LogP contribution >= 0.6 is 0 Å². The second-order valence-electron chi connectivity index (χ2n) is 9.18. The number of aliphatic hydroxyl groups is 1. The van der Waals surface area contributed by atoms with E-state index in [1.165, 1.54) is 6.20 Å². The molecular formula is C24H31N7O4. The number of nitrogens with one attached hydrogen (secondary N) is 3. The number of fused-ring (bicyclic) bond motifs is 1. The average Bonchev–Trinajstić information content (AvgIpc) is 3.27. The predicted octanol–water partition coefficient (Wildman–Crippen LogP) is 2.06. The Morgan fingerprint density at radius 1 is 1.23 bits per heavy atom. The summed E-state index contributed by atoms with van der Waals surface area (Å²) in [7, 11) is 3.39. The normalized spacial score (nSPS) is 24.1. The molecule has 3 aromatic heterocycles. The number of carbonyl (C=O) groups excluding carboxylic acids is 1. The van der Waals surface area contributed by atoms with Crippen molar-refractivity contribution in [2.75, 3.05) is 24.8 Å². The van der Waals surface area contributed by atoms with E-state index >= 15 is 0 Å². The van der Waals surface area contributed by atoms with E-state index < -0.39 is 6.10 Å². The molecule has 0 saturated heterocycles. The Hall–Kier alpha value is -3.44. The third-order valence-corrected chi connectivity index (χ3v) is 7.09. The number of nitrogens with zero attached hydrogens (tertiary/aromatic N) is 4. The van der Waals surface area contributed by atoms with E-state index in [1.807, 2.05) is 0 Å². The minimum atomic E-state index is -0.539. The van der Waals surface area contributed by atoms with Gasteiger partial charge in [0.25, 0.3) is 11.5 Å². The summed E-state index contributed by atoms with van der Waals surface area (Å²) in [4.78, 5) is 30.8. The van der Waals surface area contributed by atoms with Gasteiger partial charge in [0.05, 0.1) is 30.5 Å². The van der Waals surface area contributed by atoms with E-state index in [1.54, 1.807) is 47.6 Å². The van der Waals surface area contributed by atoms with Crippen LogP contribution in [0.1, 0.15) is 54.9 Å². The molecule has 0 spiro atoms. The summed E-state index contributed by atoms with van der Waals surface area (Å²) >= 11 is 0. The molecule has 3 aromatic rings. The molecule has 2 fully saturated rings. The molecule has 2 aliphatic rings. The van der Waals surface area contributed by atoms with E-state index in [2.05, 4.69) is 26.0 Å². The van der Waals surface area contributed by atoms with Crippen molar-refractivity contribution in [2.45, 2.75) is 62.8 Å². The quantitative estimate of drug-likeness (QED) is 0.403. The highest BCUT2D eigenvalue weighted by Crippen LogP contribution is 2.28. The average molecular weight is 482 g/mol. The van der Waals surface area contributed by atoms with Gasteiger partial charge >= 0.3 is 0 Å². The molecule has 11 heteroatoms. The maximum Gasteiger partial charge on any atom is 0.274 e. The SMILES string of the molecule is CNc1cc(Nc2cccn([C@@H]3CCCC[C@@H]3O)c2=O)nc2c(C(=O)N[C@H]3CC[C@@H]3OC)cnn12. The number of rotatable bonds is 7. The molecule has 0 bridgehead atoms. The van der Waals surface area contributed by atoms with Gasteiger partial charge in [0, 0.05) is 26.4 Å². The summed E-state index contributed by atoms with van der Waals surface area (Å²) in [6.45, 7) is 0. The van der Waals surface area contributed by atoms with Crippen LogP contribution in [-0.4, -0.2) is 62.6 Å². The Balaban J connectivity index is 1.45. The highest BCUT2D eigenvalue weighted by molar-refractivity contribution is 6.00. The highest BCUT2D eigenvalue weighted by atomic mass is 16.5. The minimum Gasteiger partial charge on any atom is -0.391 e. The number of hydrogen-bond donors (Lipinski definition) is 4. The van der Waals surface area contributed by atoms with Gasteiger partial charge in [-0.3, -0.25) is 9.59 Å². The van der Waals surface area contributed by atoms with Gasteiger partial charge in [-0.1, -0.05) is 12.8 Å². The second-order valence-corrected chi connectivity index (χ2v) is 9.18. The molecule has 4 atom stereocenters. The fraction of sp³-hybridized carbons (Fsp3) is 0.500. The van der Waals surface area contributed by atoms with E-state index in [4.69, 9.17) is 4.74 Å². The van der Waals surface area contributed by atoms with Crippen molar-refractivity contribution in [2.24, 2.45) is 0 Å². The molecule has 11 nitrogen and oxygen atoms in total. The fourth-order valence-corrected chi connectivity index (χ4v) is 4.95. The molecule has 0 radical (unpaired) electrons. The summed E-state index contributed by atoms with van der Waals surface area (Å²) in [5, 5.41) is 23.9. The molecule has 0 unspecified atom stereocenters. The lowest BCUT2D eigenvalue weighted by Crippen LogP contribution is -2.51. The molecular weight excluding hydrogens is 450 g/mol. The number of carbonyl (C=O) groups is 1. The maximum atomic E-state index is 13.2. The predicted molar refractivity (Wildman–Crippen MR) is 131 cm³/mol. The van der Waals surface area contributed by atoms with Gasteiger partial charge in [-0.2, -0.15) is 9.61 Å². The molecule has 5 rings (SSSR count). The largest absolute Gasteiger partial charge is 0.391 e. The van der Waals surface area contributed by atoms with Crippen molar-refractivity contribution in [3.8, 4) is 0 Å². The van der Waals surface area contributed by atoms with Gasteiger partial charge < -0.3 is 30.4 Å². The molecule has 35 heavy (non-hydrogen) atoms. The Labute approximate surface area is 202 Å². The van der Waals surface area contributed by atoms with Crippen molar-refractivity contribution in [1.29, 1.82) is 0 Å². The topological polar surface area (TPSA) is 135 Å². The Morgan fingerprint density at radius 2 is 2.06 bits per heavy atom. The van der Waals surface area contributed by atoms with Crippen LogP contribution in [0.3, 0.4) is 0 Å². The zero-order valence-electron chi connectivity index (χ0n) is 19.9. The Morgan fingerprint density at radius 3 is 2.77 bits per heavy atom. The van der Waals surface area contributed by atoms with Crippen molar-refractivity contribution >= 4 is 28.9 Å². The van der Waals surface area contributed by atoms with Crippen LogP contribution in [0.5, 0.6) is 0 Å². The molecule has 2 aliphatic carbocycles. The third kappa shape index (κ3) is 4.37. The van der Waals surface area contributed by atoms with Crippen LogP contribution in [-0.2, 0) is 4.74 Å². The van der Waals surface area contributed by atoms with Gasteiger partial charge in [-0.25, -0.2) is 4.98 Å². The van der Waals surface area contributed by atoms with Crippen LogP contribution in [0, 0.1) is 0 Å². The van der Waals surface area contributed by atoms with Gasteiger partial charge in [0.2, 0.25) is 0 Å². The van der Waals surface area contributed by atoms with Gasteiger partial charge in [-0.15, -0.1) is 0 Å². The fourth-order valence-electron chi connectivity index (χ4n) is 4.95. The van der Waals surface area contributed by atoms with Crippen LogP contribution in [0.25, 0.3) is 5.65 Å². The van der Waals surface area contributed by atoms with E-state index in [-0.39, 0.29) is 29.7 Å². The highest BCUT2D eigenvalue weighted by Gasteiger charge is 2.33. The number of hydrogen-bond acceptors (Lipinski definition) is 8. The summed E-state index contributed by atoms with van der Waals surface area (Å²) in [6.07, 6.45) is 7.86.